The summed E-state index contributed by atoms with van der Waals surface area (Å²) in [7, 11) is 1.56. The quantitative estimate of drug-likeness (QED) is 0.853. The largest absolute Gasteiger partial charge is 0.493 e. The van der Waals surface area contributed by atoms with E-state index in [9.17, 15) is 9.90 Å². The number of hydrogen-bond donors (Lipinski definition) is 2. The fraction of sp³-hybridized carbons (Fsp3) is 0.533. The van der Waals surface area contributed by atoms with Gasteiger partial charge in [-0.25, -0.2) is 0 Å². The number of aliphatic hydroxyl groups is 1. The van der Waals surface area contributed by atoms with Gasteiger partial charge in [-0.3, -0.25) is 4.79 Å². The van der Waals surface area contributed by atoms with E-state index < -0.39 is 0 Å². The van der Waals surface area contributed by atoms with E-state index in [0.717, 1.165) is 0 Å². The molecule has 1 aromatic rings. The number of benzene rings is 1. The number of hydrogen-bond acceptors (Lipinski definition) is 4. The van der Waals surface area contributed by atoms with Crippen molar-refractivity contribution in [3.8, 4) is 11.5 Å². The molecule has 1 amide bonds. The highest BCUT2D eigenvalue weighted by Gasteiger charge is 2.47. The molecule has 1 saturated carbocycles. The second-order valence-corrected chi connectivity index (χ2v) is 5.63. The second kappa shape index (κ2) is 5.71. The molecule has 20 heavy (non-hydrogen) atoms. The number of amides is 1. The van der Waals surface area contributed by atoms with E-state index in [-0.39, 0.29) is 30.1 Å². The van der Waals surface area contributed by atoms with Crippen molar-refractivity contribution in [3.63, 3.8) is 0 Å². The van der Waals surface area contributed by atoms with Crippen LogP contribution in [-0.2, 0) is 4.79 Å². The van der Waals surface area contributed by atoms with Crippen LogP contribution in [0.2, 0.25) is 0 Å². The Morgan fingerprint density at radius 2 is 2.05 bits per heavy atom. The van der Waals surface area contributed by atoms with Crippen LogP contribution in [0.4, 0.5) is 0 Å². The van der Waals surface area contributed by atoms with Crippen LogP contribution in [0.1, 0.15) is 20.3 Å². The van der Waals surface area contributed by atoms with Crippen molar-refractivity contribution in [2.24, 2.45) is 5.41 Å². The Hall–Kier alpha value is -1.75. The molecule has 0 radical (unpaired) electrons. The molecule has 1 aromatic carbocycles. The van der Waals surface area contributed by atoms with E-state index in [0.29, 0.717) is 17.9 Å². The van der Waals surface area contributed by atoms with Gasteiger partial charge in [0.25, 0.3) is 5.91 Å². The Morgan fingerprint density at radius 3 is 2.60 bits per heavy atom. The Labute approximate surface area is 118 Å². The van der Waals surface area contributed by atoms with Crippen molar-refractivity contribution in [2.75, 3.05) is 13.7 Å². The van der Waals surface area contributed by atoms with Gasteiger partial charge >= 0.3 is 0 Å². The number of ether oxygens (including phenoxy) is 2. The number of aliphatic hydroxyl groups excluding tert-OH is 1. The lowest BCUT2D eigenvalue weighted by molar-refractivity contribution is -0.131. The summed E-state index contributed by atoms with van der Waals surface area (Å²) in [5, 5.41) is 12.5. The van der Waals surface area contributed by atoms with Gasteiger partial charge in [0, 0.05) is 11.5 Å². The molecule has 0 spiro atoms. The zero-order valence-electron chi connectivity index (χ0n) is 12.1. The molecule has 5 heteroatoms. The Balaban J connectivity index is 1.84. The molecule has 0 saturated heterocycles. The molecule has 2 rings (SSSR count). The van der Waals surface area contributed by atoms with Gasteiger partial charge in [-0.1, -0.05) is 26.0 Å². The fourth-order valence-corrected chi connectivity index (χ4v) is 2.26. The molecule has 1 fully saturated rings. The Morgan fingerprint density at radius 1 is 1.40 bits per heavy atom. The first-order valence-electron chi connectivity index (χ1n) is 6.68. The second-order valence-electron chi connectivity index (χ2n) is 5.63. The minimum atomic E-state index is -0.358. The van der Waals surface area contributed by atoms with Gasteiger partial charge in [0.1, 0.15) is 0 Å². The number of carbonyl (C=O) groups excluding carboxylic acids is 1. The summed E-state index contributed by atoms with van der Waals surface area (Å²) >= 11 is 0. The molecule has 0 heterocycles. The van der Waals surface area contributed by atoms with Gasteiger partial charge in [-0.05, 0) is 18.6 Å². The first kappa shape index (κ1) is 14.7. The monoisotopic (exact) mass is 279 g/mol. The van der Waals surface area contributed by atoms with Crippen molar-refractivity contribution in [2.45, 2.75) is 32.4 Å². The highest BCUT2D eigenvalue weighted by atomic mass is 16.5. The summed E-state index contributed by atoms with van der Waals surface area (Å²) in [5.41, 5.74) is -0.278. The number of methoxy groups -OCH3 is 1. The maximum absolute atomic E-state index is 11.9. The summed E-state index contributed by atoms with van der Waals surface area (Å²) in [6.07, 6.45) is 0.232. The molecule has 1 aliphatic rings. The average Bonchev–Trinajstić information content (AvgIpc) is 2.45. The van der Waals surface area contributed by atoms with Gasteiger partial charge in [0.05, 0.1) is 13.2 Å². The lowest BCUT2D eigenvalue weighted by Crippen LogP contribution is -2.61. The van der Waals surface area contributed by atoms with Crippen molar-refractivity contribution >= 4 is 5.91 Å². The number of carbonyl (C=O) groups is 1. The molecule has 2 unspecified atom stereocenters. The van der Waals surface area contributed by atoms with Crippen molar-refractivity contribution in [1.82, 2.24) is 5.32 Å². The topological polar surface area (TPSA) is 67.8 Å². The van der Waals surface area contributed by atoms with Crippen LogP contribution in [0.15, 0.2) is 24.3 Å². The van der Waals surface area contributed by atoms with E-state index in [1.54, 1.807) is 19.2 Å². The van der Waals surface area contributed by atoms with Crippen LogP contribution >= 0.6 is 0 Å². The zero-order valence-corrected chi connectivity index (χ0v) is 12.1. The molecule has 0 aromatic heterocycles. The molecular weight excluding hydrogens is 258 g/mol. The van der Waals surface area contributed by atoms with Crippen LogP contribution in [-0.4, -0.2) is 36.9 Å². The highest BCUT2D eigenvalue weighted by molar-refractivity contribution is 5.78. The average molecular weight is 279 g/mol. The van der Waals surface area contributed by atoms with E-state index in [4.69, 9.17) is 9.47 Å². The van der Waals surface area contributed by atoms with Crippen LogP contribution < -0.4 is 14.8 Å². The Kier molecular flexibility index (Phi) is 4.18. The molecule has 2 atom stereocenters. The minimum Gasteiger partial charge on any atom is -0.493 e. The molecular formula is C15H21NO4. The van der Waals surface area contributed by atoms with Crippen molar-refractivity contribution < 1.29 is 19.4 Å². The molecule has 2 N–H and O–H groups in total. The first-order chi connectivity index (χ1) is 9.45. The standard InChI is InChI=1S/C15H21NO4/c1-15(2)12(8-13(15)17)16-14(18)9-20-11-7-5-4-6-10(11)19-3/h4-7,12-13,17H,8-9H2,1-3H3,(H,16,18). The van der Waals surface area contributed by atoms with Gasteiger partial charge in [-0.15, -0.1) is 0 Å². The van der Waals surface area contributed by atoms with Gasteiger partial charge in [-0.2, -0.15) is 0 Å². The Bertz CT molecular complexity index is 487. The van der Waals surface area contributed by atoms with E-state index in [2.05, 4.69) is 5.32 Å². The van der Waals surface area contributed by atoms with Crippen molar-refractivity contribution in [3.05, 3.63) is 24.3 Å². The van der Waals surface area contributed by atoms with Gasteiger partial charge < -0.3 is 19.9 Å². The number of rotatable bonds is 5. The SMILES string of the molecule is COc1ccccc1OCC(=O)NC1CC(O)C1(C)C. The molecule has 110 valence electrons. The maximum atomic E-state index is 11.9. The lowest BCUT2D eigenvalue weighted by Gasteiger charge is -2.49. The summed E-state index contributed by atoms with van der Waals surface area (Å²) in [6.45, 7) is 3.81. The van der Waals surface area contributed by atoms with Gasteiger partial charge in [0.2, 0.25) is 0 Å². The number of para-hydroxylation sites is 2. The normalized spacial score (nSPS) is 23.6. The zero-order chi connectivity index (χ0) is 14.8. The summed E-state index contributed by atoms with van der Waals surface area (Å²) < 4.78 is 10.6. The van der Waals surface area contributed by atoms with Crippen molar-refractivity contribution in [1.29, 1.82) is 0 Å². The molecule has 5 nitrogen and oxygen atoms in total. The highest BCUT2D eigenvalue weighted by Crippen LogP contribution is 2.40. The lowest BCUT2D eigenvalue weighted by atomic mass is 9.64. The van der Waals surface area contributed by atoms with Crippen LogP contribution in [0.3, 0.4) is 0 Å². The van der Waals surface area contributed by atoms with E-state index in [1.807, 2.05) is 26.0 Å². The van der Waals surface area contributed by atoms with E-state index in [1.165, 1.54) is 0 Å². The number of nitrogens with one attached hydrogen (secondary N) is 1. The molecule has 1 aliphatic carbocycles. The van der Waals surface area contributed by atoms with Crippen LogP contribution in [0.25, 0.3) is 0 Å². The maximum Gasteiger partial charge on any atom is 0.258 e. The summed E-state index contributed by atoms with van der Waals surface area (Å²) in [4.78, 5) is 11.9. The smallest absolute Gasteiger partial charge is 0.258 e. The van der Waals surface area contributed by atoms with E-state index >= 15 is 0 Å². The third-order valence-corrected chi connectivity index (χ3v) is 3.98. The fourth-order valence-electron chi connectivity index (χ4n) is 2.26. The molecule has 0 aliphatic heterocycles. The summed E-state index contributed by atoms with van der Waals surface area (Å²) in [5.74, 6) is 0.943. The predicted molar refractivity (Wildman–Crippen MR) is 74.8 cm³/mol. The first-order valence-corrected chi connectivity index (χ1v) is 6.68. The minimum absolute atomic E-state index is 0.00808. The predicted octanol–water partition coefficient (Wildman–Crippen LogP) is 1.35. The third-order valence-electron chi connectivity index (χ3n) is 3.98. The van der Waals surface area contributed by atoms with Crippen LogP contribution in [0, 0.1) is 5.41 Å². The third kappa shape index (κ3) is 2.88. The molecule has 0 bridgehead atoms. The summed E-state index contributed by atoms with van der Waals surface area (Å²) in [6, 6.07) is 7.18. The van der Waals surface area contributed by atoms with Gasteiger partial charge in [0.15, 0.2) is 18.1 Å². The van der Waals surface area contributed by atoms with Crippen LogP contribution in [0.5, 0.6) is 11.5 Å².